The van der Waals surface area contributed by atoms with E-state index >= 15 is 9.59 Å². The number of alkyl carbamates (subject to hydrolysis) is 1. The topological polar surface area (TPSA) is 424 Å². The van der Waals surface area contributed by atoms with Crippen molar-refractivity contribution in [1.82, 2.24) is 36.0 Å². The number of carbonyl (C=O) groups excluding carboxylic acids is 11. The SMILES string of the molecule is CO[C@H]1C(=O)[C@]2(C)[C@@H](OC)C[C@H]3OC[C@@]3(OC(C)=O)[C@H]2[C@H](OC(=O)c2ccccc2)[C@]2(O)C[C@H](OC(=O)[C@H](OC(=O)N(C)CCN(C)C(=O)OCc3ccc(NC(=O)[C@H](CCCNC(N)=O)NC(=O)[C@@H](NC(=O)CN(C)CC(=O)O)C(C)C)cc3)[C@@H](NC(=O)OC(C)(C)C)c3ccccc3)C(C)=C1C2(C)C. The number of ketones is 1. The number of ether oxygens (including phenoxy) is 9. The van der Waals surface area contributed by atoms with Crippen LogP contribution in [0.2, 0.25) is 0 Å². The molecule has 1 heterocycles. The van der Waals surface area contributed by atoms with Crippen LogP contribution in [0.4, 0.5) is 24.9 Å². The summed E-state index contributed by atoms with van der Waals surface area (Å²) >= 11 is 0. The zero-order chi connectivity index (χ0) is 78.6. The molecule has 0 unspecified atom stereocenters. The lowest BCUT2D eigenvalue weighted by Crippen LogP contribution is -2.82. The molecule has 13 atom stereocenters. The summed E-state index contributed by atoms with van der Waals surface area (Å²) in [6.45, 7) is 14.2. The van der Waals surface area contributed by atoms with E-state index in [9.17, 15) is 53.1 Å². The Bertz CT molecular complexity index is 3740. The number of hydrogen-bond acceptors (Lipinski definition) is 23. The van der Waals surface area contributed by atoms with Gasteiger partial charge in [-0.05, 0) is 107 Å². The number of aliphatic hydroxyl groups is 1. The second-order valence-corrected chi connectivity index (χ2v) is 29.3. The number of hydrogen-bond donors (Lipinski definition) is 8. The molecular weight excluding hydrogens is 1380 g/mol. The molecule has 3 fully saturated rings. The summed E-state index contributed by atoms with van der Waals surface area (Å²) in [6.07, 6.45) is -12.3. The summed E-state index contributed by atoms with van der Waals surface area (Å²) in [7, 11) is 6.85. The second kappa shape index (κ2) is 35.1. The molecule has 2 saturated carbocycles. The molecule has 0 spiro atoms. The number of nitrogens with two attached hydrogens (primary N) is 1. The van der Waals surface area contributed by atoms with Crippen molar-refractivity contribution < 1.29 is 110 Å². The molecular formula is C74H101N9O23. The number of anilines is 1. The molecule has 106 heavy (non-hydrogen) atoms. The molecule has 9 N–H and O–H groups in total. The molecule has 2 bridgehead atoms. The number of carboxylic acid groups (broad SMARTS) is 1. The van der Waals surface area contributed by atoms with E-state index in [1.165, 1.54) is 71.5 Å². The van der Waals surface area contributed by atoms with Gasteiger partial charge in [0, 0.05) is 78.8 Å². The van der Waals surface area contributed by atoms with Crippen molar-refractivity contribution in [2.75, 3.05) is 80.0 Å². The number of Topliss-reactive ketones (excluding diaryl/α,β-unsaturated/α-hetero) is 1. The average molecular weight is 1480 g/mol. The first-order chi connectivity index (χ1) is 49.7. The molecule has 32 nitrogen and oxygen atoms in total. The van der Waals surface area contributed by atoms with E-state index in [1.54, 1.807) is 123 Å². The Morgan fingerprint density at radius 1 is 0.792 bits per heavy atom. The first-order valence-corrected chi connectivity index (χ1v) is 34.8. The van der Waals surface area contributed by atoms with Crippen molar-refractivity contribution in [3.05, 3.63) is 113 Å². The van der Waals surface area contributed by atoms with E-state index in [2.05, 4.69) is 26.6 Å². The number of esters is 3. The van der Waals surface area contributed by atoms with Crippen molar-refractivity contribution in [1.29, 1.82) is 0 Å². The van der Waals surface area contributed by atoms with Gasteiger partial charge >= 0.3 is 48.2 Å². The number of amides is 8. The van der Waals surface area contributed by atoms with Gasteiger partial charge in [-0.3, -0.25) is 33.7 Å². The summed E-state index contributed by atoms with van der Waals surface area (Å²) in [5, 5.41) is 36.5. The fourth-order valence-electron chi connectivity index (χ4n) is 14.4. The molecule has 1 saturated heterocycles. The highest BCUT2D eigenvalue weighted by Gasteiger charge is 2.78. The molecule has 580 valence electrons. The third-order valence-electron chi connectivity index (χ3n) is 19.9. The Kier molecular flexibility index (Phi) is 27.7. The number of carboxylic acids is 1. The van der Waals surface area contributed by atoms with E-state index in [0.29, 0.717) is 5.56 Å². The Balaban J connectivity index is 1.12. The third kappa shape index (κ3) is 19.4. The number of primary amides is 1. The normalized spacial score (nSPS) is 24.0. The molecule has 3 aromatic carbocycles. The smallest absolute Gasteiger partial charge is 0.410 e. The van der Waals surface area contributed by atoms with E-state index in [-0.39, 0.29) is 86.6 Å². The molecule has 3 aliphatic carbocycles. The maximum absolute atomic E-state index is 16.0. The summed E-state index contributed by atoms with van der Waals surface area (Å²) in [5.41, 5.74) is -1.99. The highest BCUT2D eigenvalue weighted by atomic mass is 16.6. The molecule has 3 aromatic rings. The van der Waals surface area contributed by atoms with Gasteiger partial charge in [-0.25, -0.2) is 28.8 Å². The fraction of sp³-hybridized carbons (Fsp3) is 0.568. The zero-order valence-electron chi connectivity index (χ0n) is 62.6. The summed E-state index contributed by atoms with van der Waals surface area (Å²) in [6, 6.07) is 17.4. The molecule has 4 aliphatic rings. The number of methoxy groups -OCH3 is 2. The summed E-state index contributed by atoms with van der Waals surface area (Å²) < 4.78 is 55.3. The van der Waals surface area contributed by atoms with Crippen LogP contribution in [0, 0.1) is 22.7 Å². The molecule has 32 heteroatoms. The van der Waals surface area contributed by atoms with Gasteiger partial charge in [0.25, 0.3) is 0 Å². The number of fused-ring (bicyclic) bond motifs is 5. The predicted octanol–water partition coefficient (Wildman–Crippen LogP) is 4.94. The maximum atomic E-state index is 16.0. The molecule has 0 radical (unpaired) electrons. The van der Waals surface area contributed by atoms with Crippen molar-refractivity contribution in [3.63, 3.8) is 0 Å². The Morgan fingerprint density at radius 3 is 1.97 bits per heavy atom. The van der Waals surface area contributed by atoms with Gasteiger partial charge in [0.2, 0.25) is 23.8 Å². The number of nitrogens with one attached hydrogen (secondary N) is 5. The standard InChI is InChI=1S/C74H101N9O23/c1-41(2)55(79-52(85)37-81(11)38-53(86)87)63(90)78-48(27-22-32-76-66(75)93)62(89)77-47-30-28-44(29-31-47)39-100-68(95)82(12)33-34-83(13)69(96)103-58(56(45-23-18-16-19-24-45)80-67(94)106-70(5,6)7)65(92)102-49-36-74(97)61(104-64(91)46-25-20-17-21-26-46)59-72(10,60(88)57(99-15)54(42(49)3)71(74,8)9)50(98-14)35-51-73(59,40-101-51)105-43(4)84/h16-21,23-26,28-31,41,48-51,55-59,61,97H,22,27,32-40H2,1-15H3,(H,77,89)(H,78,90)(H,79,85)(H,80,94)(H,86,87)(H3,75,76,93)/t48-,49-,50-,51+,55-,56-,57+,58+,59-,61-,72+,73-,74+/m0/s1. The number of likely N-dealkylation sites (N-methyl/N-ethyl adjacent to an activating group) is 3. The largest absolute Gasteiger partial charge is 0.480 e. The first-order valence-electron chi connectivity index (χ1n) is 34.8. The van der Waals surface area contributed by atoms with E-state index in [0.717, 1.165) is 9.80 Å². The van der Waals surface area contributed by atoms with Gasteiger partial charge in [0.05, 0.1) is 42.7 Å². The lowest BCUT2D eigenvalue weighted by molar-refractivity contribution is -0.347. The predicted molar refractivity (Wildman–Crippen MR) is 379 cm³/mol. The average Bonchev–Trinajstić information content (AvgIpc) is 0.668. The molecule has 8 amide bonds. The second-order valence-electron chi connectivity index (χ2n) is 29.3. The van der Waals surface area contributed by atoms with Crippen LogP contribution in [0.1, 0.15) is 122 Å². The van der Waals surface area contributed by atoms with Crippen LogP contribution in [0.3, 0.4) is 0 Å². The van der Waals surface area contributed by atoms with Crippen LogP contribution in [0.5, 0.6) is 0 Å². The van der Waals surface area contributed by atoms with Crippen LogP contribution in [0.25, 0.3) is 0 Å². The van der Waals surface area contributed by atoms with Crippen LogP contribution in [-0.2, 0) is 82.8 Å². The quantitative estimate of drug-likeness (QED) is 0.0189. The van der Waals surface area contributed by atoms with Crippen molar-refractivity contribution >= 4 is 77.4 Å². The van der Waals surface area contributed by atoms with Crippen LogP contribution in [0.15, 0.2) is 96.1 Å². The van der Waals surface area contributed by atoms with E-state index < -0.39 is 179 Å². The highest BCUT2D eigenvalue weighted by molar-refractivity contribution is 5.99. The van der Waals surface area contributed by atoms with Crippen LogP contribution in [-0.4, -0.2) is 237 Å². The van der Waals surface area contributed by atoms with Gasteiger partial charge in [0.1, 0.15) is 60.4 Å². The Labute approximate surface area is 615 Å². The number of urea groups is 1. The molecule has 1 aliphatic heterocycles. The lowest BCUT2D eigenvalue weighted by Gasteiger charge is -2.67. The van der Waals surface area contributed by atoms with Crippen molar-refractivity contribution in [2.24, 2.45) is 28.4 Å². The lowest BCUT2D eigenvalue weighted by atomic mass is 9.44. The van der Waals surface area contributed by atoms with E-state index in [4.69, 9.17) is 53.5 Å². The third-order valence-corrected chi connectivity index (χ3v) is 19.9. The fourth-order valence-corrected chi connectivity index (χ4v) is 14.4. The Hall–Kier alpha value is -9.76. The van der Waals surface area contributed by atoms with Gasteiger partial charge in [-0.1, -0.05) is 88.4 Å². The number of nitrogens with zero attached hydrogens (tertiary/aromatic N) is 3. The van der Waals surface area contributed by atoms with Gasteiger partial charge in [-0.15, -0.1) is 0 Å². The monoisotopic (exact) mass is 1480 g/mol. The minimum atomic E-state index is -2.40. The number of carbonyl (C=O) groups is 12. The maximum Gasteiger partial charge on any atom is 0.410 e. The number of aliphatic carboxylic acids is 1. The van der Waals surface area contributed by atoms with Gasteiger partial charge < -0.3 is 95.0 Å². The van der Waals surface area contributed by atoms with Gasteiger partial charge in [-0.2, -0.15) is 0 Å². The first kappa shape index (κ1) is 83.5. The van der Waals surface area contributed by atoms with Crippen molar-refractivity contribution in [3.8, 4) is 0 Å². The molecule has 7 rings (SSSR count). The number of benzene rings is 3. The minimum Gasteiger partial charge on any atom is -0.480 e. The number of rotatable bonds is 30. The van der Waals surface area contributed by atoms with Gasteiger partial charge in [0.15, 0.2) is 11.4 Å². The van der Waals surface area contributed by atoms with Crippen LogP contribution < -0.4 is 32.3 Å². The minimum absolute atomic E-state index is 0.0263. The van der Waals surface area contributed by atoms with Crippen molar-refractivity contribution in [2.45, 2.75) is 173 Å². The summed E-state index contributed by atoms with van der Waals surface area (Å²) in [4.78, 5) is 168. The Morgan fingerprint density at radius 2 is 1.42 bits per heavy atom. The van der Waals surface area contributed by atoms with Crippen LogP contribution >= 0.6 is 0 Å². The van der Waals surface area contributed by atoms with E-state index in [1.807, 2.05) is 0 Å². The zero-order valence-corrected chi connectivity index (χ0v) is 62.6. The summed E-state index contributed by atoms with van der Waals surface area (Å²) in [5.74, 6) is -8.60. The highest BCUT2D eigenvalue weighted by Crippen LogP contribution is 2.65. The molecule has 0 aromatic heterocycles.